The average Bonchev–Trinajstić information content (AvgIpc) is 2.30. The van der Waals surface area contributed by atoms with Gasteiger partial charge in [-0.3, -0.25) is 4.90 Å². The number of hydrogen-bond donors (Lipinski definition) is 1. The molecule has 0 aromatic carbocycles. The fourth-order valence-corrected chi connectivity index (χ4v) is 1.39. The van der Waals surface area contributed by atoms with Crippen LogP contribution in [-0.2, 0) is 0 Å². The van der Waals surface area contributed by atoms with Crippen LogP contribution in [0.3, 0.4) is 0 Å². The standard InChI is InChI=1S/C7H12N2O/c1-9-4-6(3-8)2-7(9)5-10/h6-7,10H,2,4-5H2,1H3/t6-,7+/m1/s1. The lowest BCUT2D eigenvalue weighted by molar-refractivity contribution is 0.182. The molecular formula is C7H12N2O. The molecule has 0 aromatic rings. The number of likely N-dealkylation sites (N-methyl/N-ethyl adjacent to an activating group) is 1. The summed E-state index contributed by atoms with van der Waals surface area (Å²) in [5.74, 6) is 0.127. The Kier molecular flexibility index (Phi) is 2.25. The highest BCUT2D eigenvalue weighted by Crippen LogP contribution is 2.19. The SMILES string of the molecule is CN1C[C@@H](C#N)C[C@H]1CO. The fourth-order valence-electron chi connectivity index (χ4n) is 1.39. The monoisotopic (exact) mass is 140 g/mol. The molecule has 3 nitrogen and oxygen atoms in total. The van der Waals surface area contributed by atoms with Gasteiger partial charge >= 0.3 is 0 Å². The molecule has 0 spiro atoms. The van der Waals surface area contributed by atoms with Crippen LogP contribution in [0, 0.1) is 17.2 Å². The Morgan fingerprint density at radius 1 is 1.80 bits per heavy atom. The Labute approximate surface area is 60.9 Å². The van der Waals surface area contributed by atoms with E-state index in [0.29, 0.717) is 0 Å². The highest BCUT2D eigenvalue weighted by Gasteiger charge is 2.28. The van der Waals surface area contributed by atoms with Gasteiger partial charge in [0, 0.05) is 12.6 Å². The Morgan fingerprint density at radius 3 is 2.80 bits per heavy atom. The minimum atomic E-state index is 0.127. The Hall–Kier alpha value is -0.590. The minimum absolute atomic E-state index is 0.127. The zero-order valence-corrected chi connectivity index (χ0v) is 6.12. The molecule has 10 heavy (non-hydrogen) atoms. The molecule has 3 heteroatoms. The maximum atomic E-state index is 8.80. The number of aliphatic hydroxyl groups excluding tert-OH is 1. The zero-order valence-electron chi connectivity index (χ0n) is 6.12. The highest BCUT2D eigenvalue weighted by molar-refractivity contribution is 4.94. The smallest absolute Gasteiger partial charge is 0.0669 e. The average molecular weight is 140 g/mol. The summed E-state index contributed by atoms with van der Waals surface area (Å²) in [4.78, 5) is 2.04. The first-order valence-electron chi connectivity index (χ1n) is 3.48. The molecule has 1 rings (SSSR count). The van der Waals surface area contributed by atoms with Gasteiger partial charge in [0.25, 0.3) is 0 Å². The largest absolute Gasteiger partial charge is 0.395 e. The van der Waals surface area contributed by atoms with Crippen LogP contribution in [0.15, 0.2) is 0 Å². The van der Waals surface area contributed by atoms with Crippen molar-refractivity contribution in [2.24, 2.45) is 5.92 Å². The number of aliphatic hydroxyl groups is 1. The maximum Gasteiger partial charge on any atom is 0.0669 e. The van der Waals surface area contributed by atoms with Gasteiger partial charge in [0.15, 0.2) is 0 Å². The molecule has 0 radical (unpaired) electrons. The van der Waals surface area contributed by atoms with Crippen molar-refractivity contribution in [3.05, 3.63) is 0 Å². The van der Waals surface area contributed by atoms with Crippen LogP contribution in [0.5, 0.6) is 0 Å². The van der Waals surface area contributed by atoms with Crippen LogP contribution in [0.1, 0.15) is 6.42 Å². The first-order valence-corrected chi connectivity index (χ1v) is 3.48. The van der Waals surface area contributed by atoms with E-state index in [9.17, 15) is 0 Å². The van der Waals surface area contributed by atoms with Crippen LogP contribution in [-0.4, -0.2) is 36.2 Å². The third-order valence-electron chi connectivity index (χ3n) is 2.08. The summed E-state index contributed by atoms with van der Waals surface area (Å²) in [7, 11) is 1.94. The molecular weight excluding hydrogens is 128 g/mol. The van der Waals surface area contributed by atoms with Crippen molar-refractivity contribution in [1.82, 2.24) is 4.90 Å². The van der Waals surface area contributed by atoms with Crippen molar-refractivity contribution >= 4 is 0 Å². The molecule has 1 N–H and O–H groups in total. The molecule has 1 fully saturated rings. The second kappa shape index (κ2) is 3.00. The number of hydrogen-bond acceptors (Lipinski definition) is 3. The fraction of sp³-hybridized carbons (Fsp3) is 0.857. The van der Waals surface area contributed by atoms with Gasteiger partial charge in [-0.1, -0.05) is 0 Å². The van der Waals surface area contributed by atoms with Gasteiger partial charge in [-0.25, -0.2) is 0 Å². The number of nitrogens with zero attached hydrogens (tertiary/aromatic N) is 2. The van der Waals surface area contributed by atoms with Crippen molar-refractivity contribution in [3.8, 4) is 6.07 Å². The lowest BCUT2D eigenvalue weighted by Crippen LogP contribution is -2.27. The first kappa shape index (κ1) is 7.52. The van der Waals surface area contributed by atoms with E-state index in [0.717, 1.165) is 13.0 Å². The van der Waals surface area contributed by atoms with Gasteiger partial charge in [0.2, 0.25) is 0 Å². The van der Waals surface area contributed by atoms with Crippen molar-refractivity contribution in [2.45, 2.75) is 12.5 Å². The molecule has 56 valence electrons. The summed E-state index contributed by atoms with van der Waals surface area (Å²) in [6.45, 7) is 0.983. The second-order valence-corrected chi connectivity index (χ2v) is 2.84. The molecule has 1 saturated heterocycles. The van der Waals surface area contributed by atoms with E-state index in [1.54, 1.807) is 0 Å². The van der Waals surface area contributed by atoms with E-state index in [-0.39, 0.29) is 18.6 Å². The molecule has 0 amide bonds. The minimum Gasteiger partial charge on any atom is -0.395 e. The molecule has 0 saturated carbocycles. The van der Waals surface area contributed by atoms with Gasteiger partial charge in [0.1, 0.15) is 0 Å². The quantitative estimate of drug-likeness (QED) is 0.549. The van der Waals surface area contributed by atoms with E-state index >= 15 is 0 Å². The van der Waals surface area contributed by atoms with Gasteiger partial charge in [-0.2, -0.15) is 5.26 Å². The van der Waals surface area contributed by atoms with Crippen molar-refractivity contribution in [2.75, 3.05) is 20.2 Å². The first-order chi connectivity index (χ1) is 4.77. The summed E-state index contributed by atoms with van der Waals surface area (Å²) < 4.78 is 0. The van der Waals surface area contributed by atoms with E-state index in [2.05, 4.69) is 6.07 Å². The molecule has 1 aliphatic heterocycles. The summed E-state index contributed by atoms with van der Waals surface area (Å²) >= 11 is 0. The molecule has 2 atom stereocenters. The molecule has 1 aliphatic rings. The van der Waals surface area contributed by atoms with Crippen LogP contribution >= 0.6 is 0 Å². The van der Waals surface area contributed by atoms with Crippen LogP contribution in [0.4, 0.5) is 0 Å². The molecule has 0 unspecified atom stereocenters. The number of nitriles is 1. The van der Waals surface area contributed by atoms with Gasteiger partial charge in [-0.05, 0) is 13.5 Å². The predicted molar refractivity (Wildman–Crippen MR) is 37.2 cm³/mol. The zero-order chi connectivity index (χ0) is 7.56. The van der Waals surface area contributed by atoms with Gasteiger partial charge in [0.05, 0.1) is 18.6 Å². The number of rotatable bonds is 1. The Balaban J connectivity index is 2.46. The van der Waals surface area contributed by atoms with Crippen LogP contribution in [0.2, 0.25) is 0 Å². The van der Waals surface area contributed by atoms with Crippen LogP contribution < -0.4 is 0 Å². The van der Waals surface area contributed by atoms with Crippen molar-refractivity contribution < 1.29 is 5.11 Å². The lowest BCUT2D eigenvalue weighted by atomic mass is 10.1. The summed E-state index contributed by atoms with van der Waals surface area (Å²) in [6.07, 6.45) is 0.823. The van der Waals surface area contributed by atoms with Crippen LogP contribution in [0.25, 0.3) is 0 Å². The van der Waals surface area contributed by atoms with Gasteiger partial charge in [-0.15, -0.1) is 0 Å². The van der Waals surface area contributed by atoms with Crippen molar-refractivity contribution in [1.29, 1.82) is 5.26 Å². The van der Waals surface area contributed by atoms with E-state index in [1.165, 1.54) is 0 Å². The highest BCUT2D eigenvalue weighted by atomic mass is 16.3. The number of likely N-dealkylation sites (tertiary alicyclic amines) is 1. The van der Waals surface area contributed by atoms with Crippen molar-refractivity contribution in [3.63, 3.8) is 0 Å². The topological polar surface area (TPSA) is 47.3 Å². The molecule has 0 bridgehead atoms. The summed E-state index contributed by atoms with van der Waals surface area (Å²) in [5.41, 5.74) is 0. The predicted octanol–water partition coefficient (Wildman–Crippen LogP) is -0.177. The summed E-state index contributed by atoms with van der Waals surface area (Å²) in [5, 5.41) is 17.3. The van der Waals surface area contributed by atoms with E-state index < -0.39 is 0 Å². The molecule has 0 aromatic heterocycles. The third-order valence-corrected chi connectivity index (χ3v) is 2.08. The molecule has 0 aliphatic carbocycles. The molecule has 1 heterocycles. The second-order valence-electron chi connectivity index (χ2n) is 2.84. The summed E-state index contributed by atoms with van der Waals surface area (Å²) in [6, 6.07) is 2.42. The maximum absolute atomic E-state index is 8.80. The third kappa shape index (κ3) is 1.28. The normalized spacial score (nSPS) is 34.1. The van der Waals surface area contributed by atoms with Gasteiger partial charge < -0.3 is 5.11 Å². The Bertz CT molecular complexity index is 152. The Morgan fingerprint density at radius 2 is 2.50 bits per heavy atom. The van der Waals surface area contributed by atoms with E-state index in [4.69, 9.17) is 10.4 Å². The lowest BCUT2D eigenvalue weighted by Gasteiger charge is -2.14. The van der Waals surface area contributed by atoms with E-state index in [1.807, 2.05) is 11.9 Å².